The summed E-state index contributed by atoms with van der Waals surface area (Å²) in [4.78, 5) is 27.3. The fourth-order valence-electron chi connectivity index (χ4n) is 2.88. The zero-order chi connectivity index (χ0) is 18.3. The number of halogens is 1. The fourth-order valence-corrected chi connectivity index (χ4v) is 3.09. The van der Waals surface area contributed by atoms with E-state index in [1.807, 2.05) is 6.07 Å². The molecule has 26 heavy (non-hydrogen) atoms. The van der Waals surface area contributed by atoms with Crippen LogP contribution in [0.3, 0.4) is 0 Å². The Morgan fingerprint density at radius 2 is 2.00 bits per heavy atom. The topological polar surface area (TPSA) is 88.7 Å². The number of aromatic nitrogens is 1. The zero-order valence-electron chi connectivity index (χ0n) is 13.3. The van der Waals surface area contributed by atoms with Crippen LogP contribution in [0.1, 0.15) is 12.0 Å². The van der Waals surface area contributed by atoms with Gasteiger partial charge in [0.1, 0.15) is 0 Å². The molecule has 0 N–H and O–H groups in total. The molecule has 0 aliphatic carbocycles. The van der Waals surface area contributed by atoms with E-state index in [0.29, 0.717) is 27.5 Å². The van der Waals surface area contributed by atoms with E-state index in [4.69, 9.17) is 11.6 Å². The summed E-state index contributed by atoms with van der Waals surface area (Å²) >= 11 is 6.16. The largest absolute Gasteiger partial charge is 0.272 e. The number of nitro benzene ring substituents is 1. The molecular weight excluding hydrogens is 356 g/mol. The minimum Gasteiger partial charge on any atom is -0.272 e. The normalized spacial score (nSPS) is 14.0. The van der Waals surface area contributed by atoms with Gasteiger partial charge in [0.25, 0.3) is 11.6 Å². The van der Waals surface area contributed by atoms with Crippen molar-refractivity contribution in [3.8, 4) is 0 Å². The van der Waals surface area contributed by atoms with Gasteiger partial charge in [-0.05, 0) is 24.3 Å². The molecule has 0 spiro atoms. The molecular formula is C18H11ClN4O3. The number of hydrazone groups is 1. The minimum atomic E-state index is -0.477. The highest BCUT2D eigenvalue weighted by atomic mass is 35.5. The number of pyridine rings is 1. The van der Waals surface area contributed by atoms with Crippen molar-refractivity contribution >= 4 is 45.5 Å². The van der Waals surface area contributed by atoms with Crippen LogP contribution in [0.4, 0.5) is 11.4 Å². The van der Waals surface area contributed by atoms with E-state index in [9.17, 15) is 14.9 Å². The highest BCUT2D eigenvalue weighted by Crippen LogP contribution is 2.33. The van der Waals surface area contributed by atoms with Crippen LogP contribution in [0.2, 0.25) is 5.02 Å². The molecule has 1 aliphatic rings. The first-order valence-corrected chi connectivity index (χ1v) is 8.10. The van der Waals surface area contributed by atoms with Crippen LogP contribution >= 0.6 is 11.6 Å². The number of fused-ring (bicyclic) bond motifs is 1. The molecule has 0 unspecified atom stereocenters. The van der Waals surface area contributed by atoms with Crippen LogP contribution in [0.5, 0.6) is 0 Å². The van der Waals surface area contributed by atoms with Gasteiger partial charge in [-0.25, -0.2) is 0 Å². The molecule has 1 amide bonds. The van der Waals surface area contributed by atoms with Crippen molar-refractivity contribution in [3.63, 3.8) is 0 Å². The van der Waals surface area contributed by atoms with Gasteiger partial charge in [-0.1, -0.05) is 23.7 Å². The van der Waals surface area contributed by atoms with Gasteiger partial charge in [0, 0.05) is 34.3 Å². The Morgan fingerprint density at radius 1 is 1.15 bits per heavy atom. The van der Waals surface area contributed by atoms with Gasteiger partial charge in [0.2, 0.25) is 0 Å². The predicted molar refractivity (Wildman–Crippen MR) is 98.5 cm³/mol. The average molecular weight is 367 g/mol. The van der Waals surface area contributed by atoms with E-state index in [2.05, 4.69) is 10.1 Å². The number of carbonyl (C=O) groups is 1. The van der Waals surface area contributed by atoms with E-state index in [-0.39, 0.29) is 18.0 Å². The summed E-state index contributed by atoms with van der Waals surface area (Å²) in [5.41, 5.74) is 2.15. The van der Waals surface area contributed by atoms with Crippen molar-refractivity contribution in [2.45, 2.75) is 6.42 Å². The van der Waals surface area contributed by atoms with Gasteiger partial charge in [0.15, 0.2) is 0 Å². The van der Waals surface area contributed by atoms with Gasteiger partial charge in [-0.2, -0.15) is 10.1 Å². The van der Waals surface area contributed by atoms with Gasteiger partial charge in [0.05, 0.1) is 28.3 Å². The molecule has 1 aromatic heterocycles. The van der Waals surface area contributed by atoms with Crippen molar-refractivity contribution in [2.75, 3.05) is 5.01 Å². The second-order valence-electron chi connectivity index (χ2n) is 5.73. The highest BCUT2D eigenvalue weighted by Gasteiger charge is 2.28. The average Bonchev–Trinajstić information content (AvgIpc) is 3.02. The quantitative estimate of drug-likeness (QED) is 0.518. The lowest BCUT2D eigenvalue weighted by atomic mass is 10.1. The lowest BCUT2D eigenvalue weighted by Crippen LogP contribution is -2.19. The van der Waals surface area contributed by atoms with Crippen molar-refractivity contribution in [1.29, 1.82) is 0 Å². The second-order valence-corrected chi connectivity index (χ2v) is 6.17. The Kier molecular flexibility index (Phi) is 3.85. The molecule has 3 aromatic rings. The van der Waals surface area contributed by atoms with Crippen LogP contribution in [-0.2, 0) is 4.79 Å². The molecule has 2 heterocycles. The van der Waals surface area contributed by atoms with Crippen molar-refractivity contribution in [3.05, 3.63) is 75.4 Å². The first-order chi connectivity index (χ1) is 12.5. The number of amides is 1. The third kappa shape index (κ3) is 2.78. The third-order valence-corrected chi connectivity index (χ3v) is 4.28. The molecule has 7 nitrogen and oxygen atoms in total. The smallest absolute Gasteiger partial charge is 0.270 e. The van der Waals surface area contributed by atoms with E-state index < -0.39 is 4.92 Å². The first kappa shape index (κ1) is 16.2. The zero-order valence-corrected chi connectivity index (χ0v) is 14.1. The molecule has 0 atom stereocenters. The molecule has 0 fully saturated rings. The fraction of sp³-hybridized carbons (Fsp3) is 0.0556. The van der Waals surface area contributed by atoms with Gasteiger partial charge in [-0.15, -0.1) is 0 Å². The Balaban J connectivity index is 1.81. The summed E-state index contributed by atoms with van der Waals surface area (Å²) < 4.78 is 0. The second kappa shape index (κ2) is 6.20. The Morgan fingerprint density at radius 3 is 2.81 bits per heavy atom. The van der Waals surface area contributed by atoms with Crippen molar-refractivity contribution < 1.29 is 9.72 Å². The molecule has 4 rings (SSSR count). The maximum absolute atomic E-state index is 12.5. The number of hydrogen-bond acceptors (Lipinski definition) is 5. The predicted octanol–water partition coefficient (Wildman–Crippen LogP) is 3.94. The van der Waals surface area contributed by atoms with Crippen LogP contribution < -0.4 is 5.01 Å². The molecule has 2 aromatic carbocycles. The first-order valence-electron chi connectivity index (χ1n) is 7.72. The van der Waals surface area contributed by atoms with Crippen LogP contribution in [0.15, 0.2) is 59.8 Å². The van der Waals surface area contributed by atoms with Crippen LogP contribution in [0.25, 0.3) is 10.9 Å². The summed E-state index contributed by atoms with van der Waals surface area (Å²) in [6.45, 7) is 0. The number of rotatable bonds is 3. The summed E-state index contributed by atoms with van der Waals surface area (Å²) in [5, 5.41) is 17.8. The van der Waals surface area contributed by atoms with Crippen molar-refractivity contribution in [2.24, 2.45) is 5.10 Å². The molecule has 0 radical (unpaired) electrons. The Bertz CT molecular complexity index is 1100. The number of anilines is 1. The summed E-state index contributed by atoms with van der Waals surface area (Å²) in [5.74, 6) is -0.237. The number of benzene rings is 2. The van der Waals surface area contributed by atoms with Gasteiger partial charge < -0.3 is 0 Å². The van der Waals surface area contributed by atoms with E-state index >= 15 is 0 Å². The third-order valence-electron chi connectivity index (χ3n) is 4.06. The molecule has 128 valence electrons. The molecule has 0 saturated heterocycles. The van der Waals surface area contributed by atoms with Gasteiger partial charge >= 0.3 is 0 Å². The number of nitrogens with zero attached hydrogens (tertiary/aromatic N) is 4. The lowest BCUT2D eigenvalue weighted by Gasteiger charge is -2.14. The van der Waals surface area contributed by atoms with Crippen molar-refractivity contribution in [1.82, 2.24) is 4.98 Å². The Hall–Kier alpha value is -3.32. The summed E-state index contributed by atoms with van der Waals surface area (Å²) in [7, 11) is 0. The standard InChI is InChI=1S/C18H11ClN4O3/c19-12-8-16-14(5-2-6-20-16)17(9-12)22-18(24)10-15(21-22)11-3-1-4-13(7-11)23(25)26/h1-9H,10H2. The highest BCUT2D eigenvalue weighted by molar-refractivity contribution is 6.32. The maximum Gasteiger partial charge on any atom is 0.270 e. The minimum absolute atomic E-state index is 0.0477. The van der Waals surface area contributed by atoms with Gasteiger partial charge in [-0.3, -0.25) is 19.9 Å². The molecule has 1 aliphatic heterocycles. The SMILES string of the molecule is O=C1CC(c2cccc([N+](=O)[O-])c2)=NN1c1cc(Cl)cc2ncccc12. The maximum atomic E-state index is 12.5. The van der Waals surface area contributed by atoms with E-state index in [1.54, 1.807) is 36.5 Å². The Labute approximate surface area is 152 Å². The monoisotopic (exact) mass is 366 g/mol. The number of nitro groups is 1. The molecule has 0 saturated carbocycles. The lowest BCUT2D eigenvalue weighted by molar-refractivity contribution is -0.384. The van der Waals surface area contributed by atoms with E-state index in [0.717, 1.165) is 5.39 Å². The summed E-state index contributed by atoms with van der Waals surface area (Å²) in [6, 6.07) is 13.0. The number of hydrogen-bond donors (Lipinski definition) is 0. The number of non-ortho nitro benzene ring substituents is 1. The summed E-state index contributed by atoms with van der Waals surface area (Å²) in [6.07, 6.45) is 1.70. The van der Waals surface area contributed by atoms with Crippen LogP contribution in [-0.4, -0.2) is 21.5 Å². The number of carbonyl (C=O) groups excluding carboxylic acids is 1. The molecule has 8 heteroatoms. The molecule has 0 bridgehead atoms. The van der Waals surface area contributed by atoms with Crippen LogP contribution in [0, 0.1) is 10.1 Å². The van der Waals surface area contributed by atoms with E-state index in [1.165, 1.54) is 17.1 Å².